The van der Waals surface area contributed by atoms with Crippen LogP contribution in [0.2, 0.25) is 0 Å². The molecule has 0 aliphatic rings. The Kier molecular flexibility index (Phi) is 3.96. The Labute approximate surface area is 109 Å². The largest absolute Gasteiger partial charge is 0.357 e. The highest BCUT2D eigenvalue weighted by atomic mass is 19.1. The third kappa shape index (κ3) is 3.21. The van der Waals surface area contributed by atoms with Crippen molar-refractivity contribution in [2.24, 2.45) is 5.73 Å². The quantitative estimate of drug-likeness (QED) is 0.717. The molecule has 0 aliphatic heterocycles. The number of aromatic amines is 1. The van der Waals surface area contributed by atoms with Crippen LogP contribution in [0.15, 0.2) is 36.5 Å². The summed E-state index contributed by atoms with van der Waals surface area (Å²) in [6.07, 6.45) is 1.65. The number of amides is 1. The molecule has 96 valence electrons. The lowest BCUT2D eigenvalue weighted by atomic mass is 10.2. The number of hydrogen-bond donors (Lipinski definition) is 3. The molecule has 0 spiro atoms. The Balaban J connectivity index is 2.19. The van der Waals surface area contributed by atoms with Crippen LogP contribution in [0.25, 0.3) is 0 Å². The predicted molar refractivity (Wildman–Crippen MR) is 71.1 cm³/mol. The van der Waals surface area contributed by atoms with E-state index < -0.39 is 5.82 Å². The van der Waals surface area contributed by atoms with E-state index in [1.165, 1.54) is 18.2 Å². The van der Waals surface area contributed by atoms with Crippen molar-refractivity contribution < 1.29 is 9.18 Å². The van der Waals surface area contributed by atoms with Gasteiger partial charge in [0.15, 0.2) is 0 Å². The lowest BCUT2D eigenvalue weighted by molar-refractivity contribution is 0.102. The van der Waals surface area contributed by atoms with Crippen molar-refractivity contribution >= 4 is 11.6 Å². The van der Waals surface area contributed by atoms with Crippen molar-refractivity contribution in [2.75, 3.05) is 11.9 Å². The Hall–Kier alpha value is -2.58. The van der Waals surface area contributed by atoms with E-state index in [-0.39, 0.29) is 18.0 Å². The van der Waals surface area contributed by atoms with E-state index in [1.54, 1.807) is 18.3 Å². The summed E-state index contributed by atoms with van der Waals surface area (Å²) in [5.74, 6) is 4.44. The zero-order valence-corrected chi connectivity index (χ0v) is 10.0. The first-order valence-corrected chi connectivity index (χ1v) is 5.64. The Morgan fingerprint density at radius 2 is 2.26 bits per heavy atom. The fourth-order valence-corrected chi connectivity index (χ4v) is 1.52. The maximum atomic E-state index is 13.4. The van der Waals surface area contributed by atoms with Gasteiger partial charge in [0.25, 0.3) is 5.91 Å². The van der Waals surface area contributed by atoms with Crippen molar-refractivity contribution in [3.63, 3.8) is 0 Å². The molecule has 4 N–H and O–H groups in total. The molecular weight excluding hydrogens is 245 g/mol. The molecule has 2 rings (SSSR count). The fraction of sp³-hybridized carbons (Fsp3) is 0.0714. The van der Waals surface area contributed by atoms with Crippen LogP contribution in [0.4, 0.5) is 10.1 Å². The number of aromatic nitrogens is 1. The van der Waals surface area contributed by atoms with E-state index in [4.69, 9.17) is 5.73 Å². The number of hydrogen-bond acceptors (Lipinski definition) is 2. The third-order valence-corrected chi connectivity index (χ3v) is 2.39. The van der Waals surface area contributed by atoms with Crippen molar-refractivity contribution in [1.29, 1.82) is 0 Å². The zero-order chi connectivity index (χ0) is 13.7. The monoisotopic (exact) mass is 257 g/mol. The molecule has 1 heterocycles. The van der Waals surface area contributed by atoms with Gasteiger partial charge in [-0.25, -0.2) is 4.39 Å². The number of carbonyl (C=O) groups excluding carboxylic acids is 1. The lowest BCUT2D eigenvalue weighted by Crippen LogP contribution is -2.12. The van der Waals surface area contributed by atoms with Crippen LogP contribution < -0.4 is 11.1 Å². The number of halogens is 1. The number of nitrogens with one attached hydrogen (secondary N) is 2. The molecule has 19 heavy (non-hydrogen) atoms. The summed E-state index contributed by atoms with van der Waals surface area (Å²) in [5, 5.41) is 2.65. The second-order valence-electron chi connectivity index (χ2n) is 3.74. The van der Waals surface area contributed by atoms with Gasteiger partial charge in [-0.2, -0.15) is 0 Å². The topological polar surface area (TPSA) is 70.9 Å². The Morgan fingerprint density at radius 3 is 2.95 bits per heavy atom. The van der Waals surface area contributed by atoms with Gasteiger partial charge in [0.05, 0.1) is 12.1 Å². The van der Waals surface area contributed by atoms with Gasteiger partial charge in [-0.05, 0) is 30.3 Å². The maximum Gasteiger partial charge on any atom is 0.272 e. The molecule has 0 radical (unpaired) electrons. The van der Waals surface area contributed by atoms with E-state index in [9.17, 15) is 9.18 Å². The standard InChI is InChI=1S/C14H12FN3O/c15-12-6-5-11(9-10(12)3-1-7-16)18-14(19)13-4-2-8-17-13/h2,4-6,8-9,17H,7,16H2,(H,18,19). The molecule has 0 saturated heterocycles. The summed E-state index contributed by atoms with van der Waals surface area (Å²) >= 11 is 0. The van der Waals surface area contributed by atoms with Gasteiger partial charge in [-0.1, -0.05) is 11.8 Å². The number of anilines is 1. The zero-order valence-electron chi connectivity index (χ0n) is 10.0. The Bertz CT molecular complexity index is 638. The lowest BCUT2D eigenvalue weighted by Gasteiger charge is -2.05. The van der Waals surface area contributed by atoms with Crippen LogP contribution in [0.3, 0.4) is 0 Å². The van der Waals surface area contributed by atoms with Gasteiger partial charge >= 0.3 is 0 Å². The first-order chi connectivity index (χ1) is 9.20. The smallest absolute Gasteiger partial charge is 0.272 e. The van der Waals surface area contributed by atoms with Gasteiger partial charge in [0.2, 0.25) is 0 Å². The van der Waals surface area contributed by atoms with Gasteiger partial charge < -0.3 is 16.0 Å². The highest BCUT2D eigenvalue weighted by Crippen LogP contribution is 2.14. The minimum absolute atomic E-state index is 0.151. The van der Waals surface area contributed by atoms with Crippen LogP contribution in [0, 0.1) is 17.7 Å². The highest BCUT2D eigenvalue weighted by molar-refractivity contribution is 6.02. The molecule has 1 aromatic carbocycles. The van der Waals surface area contributed by atoms with Crippen LogP contribution >= 0.6 is 0 Å². The van der Waals surface area contributed by atoms with Crippen LogP contribution in [0.1, 0.15) is 16.1 Å². The van der Waals surface area contributed by atoms with Crippen LogP contribution in [-0.4, -0.2) is 17.4 Å². The average Bonchev–Trinajstić information content (AvgIpc) is 2.93. The minimum Gasteiger partial charge on any atom is -0.357 e. The summed E-state index contributed by atoms with van der Waals surface area (Å²) in [7, 11) is 0. The van der Waals surface area contributed by atoms with E-state index in [0.717, 1.165) is 0 Å². The van der Waals surface area contributed by atoms with E-state index in [2.05, 4.69) is 22.1 Å². The molecule has 2 aromatic rings. The van der Waals surface area contributed by atoms with Crippen molar-refractivity contribution in [3.05, 3.63) is 53.6 Å². The summed E-state index contributed by atoms with van der Waals surface area (Å²) in [6, 6.07) is 7.57. The molecule has 0 fully saturated rings. The second-order valence-corrected chi connectivity index (χ2v) is 3.74. The predicted octanol–water partition coefficient (Wildman–Crippen LogP) is 1.72. The Morgan fingerprint density at radius 1 is 1.42 bits per heavy atom. The molecule has 4 nitrogen and oxygen atoms in total. The molecule has 0 atom stereocenters. The third-order valence-electron chi connectivity index (χ3n) is 2.39. The molecule has 0 unspecified atom stereocenters. The van der Waals surface area contributed by atoms with Gasteiger partial charge in [-0.15, -0.1) is 0 Å². The summed E-state index contributed by atoms with van der Waals surface area (Å²) < 4.78 is 13.4. The van der Waals surface area contributed by atoms with E-state index >= 15 is 0 Å². The van der Waals surface area contributed by atoms with Crippen molar-refractivity contribution in [2.45, 2.75) is 0 Å². The first-order valence-electron chi connectivity index (χ1n) is 5.64. The SMILES string of the molecule is NCC#Cc1cc(NC(=O)c2ccc[nH]2)ccc1F. The van der Waals surface area contributed by atoms with Crippen molar-refractivity contribution in [1.82, 2.24) is 4.98 Å². The van der Waals surface area contributed by atoms with Crippen LogP contribution in [-0.2, 0) is 0 Å². The number of H-pyrrole nitrogens is 1. The van der Waals surface area contributed by atoms with E-state index in [1.807, 2.05) is 0 Å². The molecule has 0 aliphatic carbocycles. The molecular formula is C14H12FN3O. The van der Waals surface area contributed by atoms with E-state index in [0.29, 0.717) is 11.4 Å². The number of carbonyl (C=O) groups is 1. The fourth-order valence-electron chi connectivity index (χ4n) is 1.52. The van der Waals surface area contributed by atoms with Crippen LogP contribution in [0.5, 0.6) is 0 Å². The number of nitrogens with two attached hydrogens (primary N) is 1. The second kappa shape index (κ2) is 5.85. The molecule has 0 saturated carbocycles. The normalized spacial score (nSPS) is 9.58. The van der Waals surface area contributed by atoms with Crippen molar-refractivity contribution in [3.8, 4) is 11.8 Å². The molecule has 1 aromatic heterocycles. The van der Waals surface area contributed by atoms with Gasteiger partial charge in [0.1, 0.15) is 11.5 Å². The van der Waals surface area contributed by atoms with Gasteiger partial charge in [0, 0.05) is 11.9 Å². The summed E-state index contributed by atoms with van der Waals surface area (Å²) in [4.78, 5) is 14.6. The first kappa shape index (κ1) is 12.9. The molecule has 0 bridgehead atoms. The molecule has 1 amide bonds. The number of rotatable bonds is 2. The number of benzene rings is 1. The average molecular weight is 257 g/mol. The minimum atomic E-state index is -0.446. The maximum absolute atomic E-state index is 13.4. The van der Waals surface area contributed by atoms with Gasteiger partial charge in [-0.3, -0.25) is 4.79 Å². The highest BCUT2D eigenvalue weighted by Gasteiger charge is 2.07. The molecule has 5 heteroatoms. The summed E-state index contributed by atoms with van der Waals surface area (Å²) in [6.45, 7) is 0.151. The summed E-state index contributed by atoms with van der Waals surface area (Å²) in [5.41, 5.74) is 6.35.